The van der Waals surface area contributed by atoms with E-state index in [1.54, 1.807) is 10.9 Å². The first-order valence-electron chi connectivity index (χ1n) is 4.87. The number of hydrogen-bond donors (Lipinski definition) is 1. The topological polar surface area (TPSA) is 46.5 Å². The van der Waals surface area contributed by atoms with Gasteiger partial charge in [-0.05, 0) is 12.1 Å². The molecular weight excluding hydrogens is 224 g/mol. The van der Waals surface area contributed by atoms with E-state index in [2.05, 4.69) is 15.1 Å². The molecule has 0 bridgehead atoms. The van der Waals surface area contributed by atoms with E-state index < -0.39 is 0 Å². The van der Waals surface area contributed by atoms with Crippen molar-refractivity contribution < 1.29 is 0 Å². The summed E-state index contributed by atoms with van der Waals surface area (Å²) in [5, 5.41) is 4.77. The van der Waals surface area contributed by atoms with Crippen LogP contribution >= 0.6 is 11.6 Å². The maximum absolute atomic E-state index is 6.06. The summed E-state index contributed by atoms with van der Waals surface area (Å²) >= 11 is 6.06. The van der Waals surface area contributed by atoms with Crippen LogP contribution in [-0.4, -0.2) is 19.7 Å². The Morgan fingerprint density at radius 3 is 2.94 bits per heavy atom. The predicted octanol–water partition coefficient (Wildman–Crippen LogP) is 2.62. The number of halogens is 1. The van der Waals surface area contributed by atoms with Crippen molar-refractivity contribution in [1.82, 2.24) is 19.7 Å². The van der Waals surface area contributed by atoms with Crippen molar-refractivity contribution in [3.63, 3.8) is 0 Å². The summed E-state index contributed by atoms with van der Waals surface area (Å²) in [6, 6.07) is 5.68. The third-order valence-corrected chi connectivity index (χ3v) is 2.75. The van der Waals surface area contributed by atoms with E-state index in [1.165, 1.54) is 0 Å². The molecule has 0 saturated carbocycles. The Morgan fingerprint density at radius 1 is 1.38 bits per heavy atom. The first-order valence-corrected chi connectivity index (χ1v) is 5.25. The van der Waals surface area contributed by atoms with Crippen molar-refractivity contribution in [3.8, 4) is 11.4 Å². The number of aromatic amines is 1. The Kier molecular flexibility index (Phi) is 1.97. The lowest BCUT2D eigenvalue weighted by Crippen LogP contribution is -1.84. The van der Waals surface area contributed by atoms with Crippen LogP contribution in [0.4, 0.5) is 0 Å². The molecule has 0 aliphatic rings. The minimum Gasteiger partial charge on any atom is -0.338 e. The van der Waals surface area contributed by atoms with Crippen molar-refractivity contribution >= 4 is 22.6 Å². The smallest absolute Gasteiger partial charge is 0.141 e. The van der Waals surface area contributed by atoms with Crippen molar-refractivity contribution in [1.29, 1.82) is 0 Å². The number of fused-ring (bicyclic) bond motifs is 1. The first-order chi connectivity index (χ1) is 7.74. The highest BCUT2D eigenvalue weighted by atomic mass is 35.5. The summed E-state index contributed by atoms with van der Waals surface area (Å²) in [6.45, 7) is 0. The van der Waals surface area contributed by atoms with Gasteiger partial charge in [0.1, 0.15) is 11.3 Å². The van der Waals surface area contributed by atoms with Crippen molar-refractivity contribution in [2.45, 2.75) is 0 Å². The second-order valence-electron chi connectivity index (χ2n) is 3.62. The number of hydrogen-bond acceptors (Lipinski definition) is 2. The van der Waals surface area contributed by atoms with E-state index in [4.69, 9.17) is 11.6 Å². The Morgan fingerprint density at radius 2 is 2.25 bits per heavy atom. The lowest BCUT2D eigenvalue weighted by Gasteiger charge is -1.88. The van der Waals surface area contributed by atoms with Gasteiger partial charge < -0.3 is 4.98 Å². The standard InChI is InChI=1S/C11H9ClN4/c1-16-6-7(5-13-16)11-14-9-4-2-3-8(12)10(9)15-11/h2-6H,1H3,(H,14,15). The molecular formula is C11H9ClN4. The van der Waals surface area contributed by atoms with Gasteiger partial charge in [0.15, 0.2) is 0 Å². The minimum absolute atomic E-state index is 0.656. The van der Waals surface area contributed by atoms with Crippen LogP contribution in [0.25, 0.3) is 22.4 Å². The molecule has 0 aliphatic heterocycles. The van der Waals surface area contributed by atoms with E-state index in [1.807, 2.05) is 31.4 Å². The van der Waals surface area contributed by atoms with Crippen LogP contribution in [0.2, 0.25) is 5.02 Å². The van der Waals surface area contributed by atoms with Crippen LogP contribution in [0.5, 0.6) is 0 Å². The third-order valence-electron chi connectivity index (χ3n) is 2.44. The average Bonchev–Trinajstić information content (AvgIpc) is 2.84. The number of imidazole rings is 1. The fourth-order valence-electron chi connectivity index (χ4n) is 1.68. The number of H-pyrrole nitrogens is 1. The number of aromatic nitrogens is 4. The maximum atomic E-state index is 6.06. The molecule has 0 atom stereocenters. The van der Waals surface area contributed by atoms with Gasteiger partial charge in [-0.2, -0.15) is 5.10 Å². The van der Waals surface area contributed by atoms with Crippen molar-refractivity contribution in [2.24, 2.45) is 7.05 Å². The SMILES string of the molecule is Cn1cc(-c2nc3c(Cl)cccc3[nH]2)cn1. The lowest BCUT2D eigenvalue weighted by atomic mass is 10.3. The Labute approximate surface area is 96.9 Å². The molecule has 4 nitrogen and oxygen atoms in total. The third kappa shape index (κ3) is 1.39. The molecule has 0 unspecified atom stereocenters. The molecule has 0 spiro atoms. The van der Waals surface area contributed by atoms with E-state index in [0.29, 0.717) is 5.02 Å². The summed E-state index contributed by atoms with van der Waals surface area (Å²) in [5.74, 6) is 0.788. The number of rotatable bonds is 1. The zero-order valence-electron chi connectivity index (χ0n) is 8.61. The highest BCUT2D eigenvalue weighted by Gasteiger charge is 2.08. The van der Waals surface area contributed by atoms with Gasteiger partial charge >= 0.3 is 0 Å². The number of benzene rings is 1. The summed E-state index contributed by atoms with van der Waals surface area (Å²) in [4.78, 5) is 7.67. The molecule has 0 fully saturated rings. The summed E-state index contributed by atoms with van der Waals surface area (Å²) < 4.78 is 1.74. The molecule has 2 heterocycles. The predicted molar refractivity (Wildman–Crippen MR) is 63.3 cm³/mol. The van der Waals surface area contributed by atoms with E-state index in [0.717, 1.165) is 22.4 Å². The summed E-state index contributed by atoms with van der Waals surface area (Å²) in [7, 11) is 1.87. The van der Waals surface area contributed by atoms with Crippen LogP contribution in [0.3, 0.4) is 0 Å². The second kappa shape index (κ2) is 3.35. The fourth-order valence-corrected chi connectivity index (χ4v) is 1.89. The van der Waals surface area contributed by atoms with Gasteiger partial charge in [-0.15, -0.1) is 0 Å². The summed E-state index contributed by atoms with van der Waals surface area (Å²) in [6.07, 6.45) is 3.68. The number of para-hydroxylation sites is 1. The average molecular weight is 233 g/mol. The molecule has 1 aromatic carbocycles. The van der Waals surface area contributed by atoms with Crippen LogP contribution < -0.4 is 0 Å². The van der Waals surface area contributed by atoms with Crippen LogP contribution in [0.15, 0.2) is 30.6 Å². The molecule has 3 aromatic rings. The molecule has 1 N–H and O–H groups in total. The zero-order chi connectivity index (χ0) is 11.1. The van der Waals surface area contributed by atoms with Crippen molar-refractivity contribution in [2.75, 3.05) is 0 Å². The largest absolute Gasteiger partial charge is 0.338 e. The minimum atomic E-state index is 0.656. The van der Waals surface area contributed by atoms with Gasteiger partial charge in [-0.3, -0.25) is 4.68 Å². The van der Waals surface area contributed by atoms with Gasteiger partial charge in [0.05, 0.1) is 22.3 Å². The van der Waals surface area contributed by atoms with Gasteiger partial charge in [-0.1, -0.05) is 17.7 Å². The fraction of sp³-hybridized carbons (Fsp3) is 0.0909. The van der Waals surface area contributed by atoms with Gasteiger partial charge in [0.25, 0.3) is 0 Å². The quantitative estimate of drug-likeness (QED) is 0.701. The Balaban J connectivity index is 2.22. The molecule has 0 amide bonds. The molecule has 0 radical (unpaired) electrons. The molecule has 0 aliphatic carbocycles. The normalized spacial score (nSPS) is 11.1. The van der Waals surface area contributed by atoms with Crippen LogP contribution in [0.1, 0.15) is 0 Å². The van der Waals surface area contributed by atoms with Gasteiger partial charge in [0, 0.05) is 13.2 Å². The number of nitrogens with zero attached hydrogens (tertiary/aromatic N) is 3. The Bertz CT molecular complexity index is 653. The van der Waals surface area contributed by atoms with Gasteiger partial charge in [-0.25, -0.2) is 4.98 Å². The molecule has 80 valence electrons. The highest BCUT2D eigenvalue weighted by molar-refractivity contribution is 6.34. The maximum Gasteiger partial charge on any atom is 0.141 e. The number of nitrogens with one attached hydrogen (secondary N) is 1. The van der Waals surface area contributed by atoms with E-state index in [9.17, 15) is 0 Å². The molecule has 16 heavy (non-hydrogen) atoms. The molecule has 0 saturated heterocycles. The van der Waals surface area contributed by atoms with Gasteiger partial charge in [0.2, 0.25) is 0 Å². The highest BCUT2D eigenvalue weighted by Crippen LogP contribution is 2.24. The van der Waals surface area contributed by atoms with E-state index >= 15 is 0 Å². The zero-order valence-corrected chi connectivity index (χ0v) is 9.36. The van der Waals surface area contributed by atoms with Crippen molar-refractivity contribution in [3.05, 3.63) is 35.6 Å². The van der Waals surface area contributed by atoms with E-state index in [-0.39, 0.29) is 0 Å². The lowest BCUT2D eigenvalue weighted by molar-refractivity contribution is 0.768. The monoisotopic (exact) mass is 232 g/mol. The molecule has 2 aromatic heterocycles. The first kappa shape index (κ1) is 9.42. The second-order valence-corrected chi connectivity index (χ2v) is 4.03. The number of aryl methyl sites for hydroxylation is 1. The molecule has 3 rings (SSSR count). The van der Waals surface area contributed by atoms with Crippen LogP contribution in [0, 0.1) is 0 Å². The van der Waals surface area contributed by atoms with Crippen LogP contribution in [-0.2, 0) is 7.05 Å². The summed E-state index contributed by atoms with van der Waals surface area (Å²) in [5.41, 5.74) is 2.68. The molecule has 5 heteroatoms. The Hall–Kier alpha value is -1.81.